The van der Waals surface area contributed by atoms with Crippen molar-refractivity contribution in [2.24, 2.45) is 0 Å². The molecule has 2 N–H and O–H groups in total. The van der Waals surface area contributed by atoms with Crippen molar-refractivity contribution >= 4 is 26.8 Å². The van der Waals surface area contributed by atoms with Gasteiger partial charge in [0, 0.05) is 17.1 Å². The van der Waals surface area contributed by atoms with Crippen molar-refractivity contribution in [2.45, 2.75) is 18.7 Å². The third-order valence-corrected chi connectivity index (χ3v) is 5.30. The molecule has 1 aromatic heterocycles. The number of aromatic amines is 1. The van der Waals surface area contributed by atoms with E-state index < -0.39 is 15.9 Å². The number of nitrogens with one attached hydrogen (secondary N) is 2. The number of hydrogen-bond acceptors (Lipinski definition) is 4. The first-order valence-corrected chi connectivity index (χ1v) is 9.16. The minimum atomic E-state index is -3.92. The molecule has 0 aliphatic heterocycles. The van der Waals surface area contributed by atoms with Crippen LogP contribution in [0.15, 0.2) is 53.6 Å². The van der Waals surface area contributed by atoms with Gasteiger partial charge in [0.1, 0.15) is 5.75 Å². The molecule has 6 nitrogen and oxygen atoms in total. The smallest absolute Gasteiger partial charge is 0.271 e. The quantitative estimate of drug-likeness (QED) is 0.734. The van der Waals surface area contributed by atoms with E-state index >= 15 is 0 Å². The monoisotopic (exact) mass is 358 g/mol. The molecule has 1 heterocycles. The number of sulfonamides is 1. The van der Waals surface area contributed by atoms with E-state index in [4.69, 9.17) is 4.74 Å². The summed E-state index contributed by atoms with van der Waals surface area (Å²) in [4.78, 5) is 15.1. The number of benzene rings is 2. The molecule has 7 heteroatoms. The predicted molar refractivity (Wildman–Crippen MR) is 95.0 cm³/mol. The van der Waals surface area contributed by atoms with Crippen molar-refractivity contribution in [1.29, 1.82) is 0 Å². The Bertz CT molecular complexity index is 1040. The first-order chi connectivity index (χ1) is 11.8. The SMILES string of the molecule is Cc1ccc(S(=O)(=O)NC(=O)COc2ccc3[nH]ccc3c2)c(C)c1. The molecule has 0 aliphatic carbocycles. The summed E-state index contributed by atoms with van der Waals surface area (Å²) in [6, 6.07) is 12.1. The molecule has 25 heavy (non-hydrogen) atoms. The van der Waals surface area contributed by atoms with Crippen LogP contribution in [0.2, 0.25) is 0 Å². The number of carbonyl (C=O) groups is 1. The van der Waals surface area contributed by atoms with E-state index in [1.165, 1.54) is 6.07 Å². The third-order valence-electron chi connectivity index (χ3n) is 3.76. The van der Waals surface area contributed by atoms with Crippen molar-refractivity contribution in [3.63, 3.8) is 0 Å². The molecule has 1 amide bonds. The molecule has 0 atom stereocenters. The maximum Gasteiger partial charge on any atom is 0.271 e. The Kier molecular flexibility index (Phi) is 4.50. The van der Waals surface area contributed by atoms with Gasteiger partial charge in [0.15, 0.2) is 6.61 Å². The fourth-order valence-electron chi connectivity index (χ4n) is 2.61. The molecule has 0 radical (unpaired) electrons. The van der Waals surface area contributed by atoms with Crippen LogP contribution in [-0.2, 0) is 14.8 Å². The summed E-state index contributed by atoms with van der Waals surface area (Å²) in [7, 11) is -3.92. The van der Waals surface area contributed by atoms with E-state index in [9.17, 15) is 13.2 Å². The molecule has 3 aromatic rings. The maximum absolute atomic E-state index is 12.3. The Morgan fingerprint density at radius 2 is 1.92 bits per heavy atom. The van der Waals surface area contributed by atoms with E-state index in [1.54, 1.807) is 37.4 Å². The zero-order chi connectivity index (χ0) is 18.0. The van der Waals surface area contributed by atoms with Crippen LogP contribution < -0.4 is 9.46 Å². The third kappa shape index (κ3) is 3.83. The van der Waals surface area contributed by atoms with Crippen LogP contribution in [0.25, 0.3) is 10.9 Å². The topological polar surface area (TPSA) is 88.3 Å². The Labute approximate surface area is 145 Å². The van der Waals surface area contributed by atoms with Crippen LogP contribution in [0.1, 0.15) is 11.1 Å². The van der Waals surface area contributed by atoms with Gasteiger partial charge >= 0.3 is 0 Å². The fraction of sp³-hybridized carbons (Fsp3) is 0.167. The van der Waals surface area contributed by atoms with Crippen LogP contribution in [0.3, 0.4) is 0 Å². The molecule has 0 aliphatic rings. The molecule has 0 unspecified atom stereocenters. The van der Waals surface area contributed by atoms with Gasteiger partial charge in [-0.1, -0.05) is 17.7 Å². The van der Waals surface area contributed by atoms with Gasteiger partial charge in [-0.2, -0.15) is 0 Å². The van der Waals surface area contributed by atoms with Gasteiger partial charge in [0.2, 0.25) is 0 Å². The molecule has 2 aromatic carbocycles. The predicted octanol–water partition coefficient (Wildman–Crippen LogP) is 2.67. The summed E-state index contributed by atoms with van der Waals surface area (Å²) < 4.78 is 32.1. The Morgan fingerprint density at radius 1 is 1.12 bits per heavy atom. The highest BCUT2D eigenvalue weighted by Gasteiger charge is 2.20. The second-order valence-corrected chi connectivity index (χ2v) is 7.46. The first kappa shape index (κ1) is 17.0. The molecule has 0 saturated carbocycles. The normalized spacial score (nSPS) is 11.4. The molecular formula is C18H18N2O4S. The second-order valence-electron chi connectivity index (χ2n) is 5.81. The van der Waals surface area contributed by atoms with E-state index in [0.29, 0.717) is 11.3 Å². The highest BCUT2D eigenvalue weighted by molar-refractivity contribution is 7.90. The lowest BCUT2D eigenvalue weighted by molar-refractivity contribution is -0.121. The van der Waals surface area contributed by atoms with E-state index in [-0.39, 0.29) is 11.5 Å². The van der Waals surface area contributed by atoms with Crippen molar-refractivity contribution in [3.8, 4) is 5.75 Å². The molecule has 0 bridgehead atoms. The Balaban J connectivity index is 1.66. The van der Waals surface area contributed by atoms with E-state index in [2.05, 4.69) is 4.98 Å². The van der Waals surface area contributed by atoms with Gasteiger partial charge < -0.3 is 9.72 Å². The summed E-state index contributed by atoms with van der Waals surface area (Å²) in [6.07, 6.45) is 1.80. The number of ether oxygens (including phenoxy) is 1. The van der Waals surface area contributed by atoms with Crippen LogP contribution >= 0.6 is 0 Å². The zero-order valence-corrected chi connectivity index (χ0v) is 14.7. The zero-order valence-electron chi connectivity index (χ0n) is 13.9. The summed E-state index contributed by atoms with van der Waals surface area (Å²) in [5, 5.41) is 0.945. The first-order valence-electron chi connectivity index (χ1n) is 7.68. The highest BCUT2D eigenvalue weighted by Crippen LogP contribution is 2.20. The number of H-pyrrole nitrogens is 1. The highest BCUT2D eigenvalue weighted by atomic mass is 32.2. The summed E-state index contributed by atoms with van der Waals surface area (Å²) >= 11 is 0. The number of aromatic nitrogens is 1. The maximum atomic E-state index is 12.3. The number of fused-ring (bicyclic) bond motifs is 1. The number of hydrogen-bond donors (Lipinski definition) is 2. The van der Waals surface area contributed by atoms with Crippen LogP contribution in [0, 0.1) is 13.8 Å². The molecular weight excluding hydrogens is 340 g/mol. The number of carbonyl (C=O) groups excluding carboxylic acids is 1. The van der Waals surface area contributed by atoms with Crippen LogP contribution in [0.4, 0.5) is 0 Å². The summed E-state index contributed by atoms with van der Waals surface area (Å²) in [5.74, 6) is -0.236. The van der Waals surface area contributed by atoms with Gasteiger partial charge in [-0.05, 0) is 49.7 Å². The van der Waals surface area contributed by atoms with E-state index in [0.717, 1.165) is 16.5 Å². The minimum absolute atomic E-state index is 0.0835. The molecule has 0 spiro atoms. The second kappa shape index (κ2) is 6.60. The van der Waals surface area contributed by atoms with E-state index in [1.807, 2.05) is 23.8 Å². The molecule has 130 valence electrons. The number of rotatable bonds is 5. The Morgan fingerprint density at radius 3 is 2.68 bits per heavy atom. The van der Waals surface area contributed by atoms with Gasteiger partial charge in [0.05, 0.1) is 4.90 Å². The number of aryl methyl sites for hydroxylation is 2. The molecule has 0 fully saturated rings. The summed E-state index contributed by atoms with van der Waals surface area (Å²) in [6.45, 7) is 3.17. The average Bonchev–Trinajstić information content (AvgIpc) is 2.99. The number of amides is 1. The summed E-state index contributed by atoms with van der Waals surface area (Å²) in [5.41, 5.74) is 2.49. The largest absolute Gasteiger partial charge is 0.484 e. The van der Waals surface area contributed by atoms with Gasteiger partial charge in [-0.25, -0.2) is 13.1 Å². The van der Waals surface area contributed by atoms with Crippen molar-refractivity contribution in [1.82, 2.24) is 9.71 Å². The lowest BCUT2D eigenvalue weighted by Crippen LogP contribution is -2.34. The van der Waals surface area contributed by atoms with Crippen LogP contribution in [0.5, 0.6) is 5.75 Å². The molecule has 3 rings (SSSR count). The minimum Gasteiger partial charge on any atom is -0.484 e. The van der Waals surface area contributed by atoms with Crippen molar-refractivity contribution in [3.05, 3.63) is 59.8 Å². The standard InChI is InChI=1S/C18H18N2O4S/c1-12-3-6-17(13(2)9-12)25(22,23)20-18(21)11-24-15-4-5-16-14(10-15)7-8-19-16/h3-10,19H,11H2,1-2H3,(H,20,21). The Hall–Kier alpha value is -2.80. The average molecular weight is 358 g/mol. The van der Waals surface area contributed by atoms with Gasteiger partial charge in [-0.3, -0.25) is 4.79 Å². The lowest BCUT2D eigenvalue weighted by Gasteiger charge is -2.11. The molecule has 0 saturated heterocycles. The van der Waals surface area contributed by atoms with Crippen molar-refractivity contribution < 1.29 is 17.9 Å². The lowest BCUT2D eigenvalue weighted by atomic mass is 10.2. The van der Waals surface area contributed by atoms with Gasteiger partial charge in [0.25, 0.3) is 15.9 Å². The van der Waals surface area contributed by atoms with Crippen molar-refractivity contribution in [2.75, 3.05) is 6.61 Å². The van der Waals surface area contributed by atoms with Crippen LogP contribution in [-0.4, -0.2) is 25.9 Å². The fourth-order valence-corrected chi connectivity index (χ4v) is 3.80. The van der Waals surface area contributed by atoms with Gasteiger partial charge in [-0.15, -0.1) is 0 Å².